The number of nitrogens with zero attached hydrogens (tertiary/aromatic N) is 1. The van der Waals surface area contributed by atoms with Gasteiger partial charge in [-0.1, -0.05) is 50.1 Å². The molecule has 0 saturated heterocycles. The number of fused-ring (bicyclic) bond motifs is 1. The van der Waals surface area contributed by atoms with Gasteiger partial charge in [-0.05, 0) is 79.3 Å². The van der Waals surface area contributed by atoms with Gasteiger partial charge < -0.3 is 15.0 Å². The molecular formula is C29H36N2O2S. The Labute approximate surface area is 207 Å². The summed E-state index contributed by atoms with van der Waals surface area (Å²) in [5, 5.41) is 3.75. The highest BCUT2D eigenvalue weighted by molar-refractivity contribution is 7.98. The van der Waals surface area contributed by atoms with E-state index in [9.17, 15) is 9.59 Å². The molecule has 2 fully saturated rings. The first kappa shape index (κ1) is 23.6. The van der Waals surface area contributed by atoms with Gasteiger partial charge in [-0.25, -0.2) is 0 Å². The van der Waals surface area contributed by atoms with Gasteiger partial charge in [0, 0.05) is 28.8 Å². The number of nitrogens with one attached hydrogen (secondary N) is 1. The molecule has 2 saturated carbocycles. The zero-order valence-corrected chi connectivity index (χ0v) is 21.0. The molecule has 1 unspecified atom stereocenters. The normalized spacial score (nSPS) is 19.6. The minimum atomic E-state index is -0.326. The summed E-state index contributed by atoms with van der Waals surface area (Å²) in [6.45, 7) is 3.65. The van der Waals surface area contributed by atoms with Gasteiger partial charge >= 0.3 is 0 Å². The standard InChI is InChI=1S/C29H36N2O2S/c1-2-5-24(19-32)31-18-26-25(28(31)33)6-3-7-27(26)34-20-22-10-8-21(9-11-22)12-15-30-23-16-29(17-23)13-4-14-29/h3,6-11,19,23-24,30H,2,4-5,12-18,20H2,1H3. The highest BCUT2D eigenvalue weighted by atomic mass is 32.2. The van der Waals surface area contributed by atoms with E-state index in [4.69, 9.17) is 0 Å². The Hall–Kier alpha value is -2.11. The lowest BCUT2D eigenvalue weighted by atomic mass is 9.54. The molecular weight excluding hydrogens is 440 g/mol. The third kappa shape index (κ3) is 4.83. The minimum absolute atomic E-state index is 0.00859. The smallest absolute Gasteiger partial charge is 0.255 e. The lowest BCUT2D eigenvalue weighted by Crippen LogP contribution is -2.52. The highest BCUT2D eigenvalue weighted by Gasteiger charge is 2.47. The number of benzene rings is 2. The van der Waals surface area contributed by atoms with E-state index in [-0.39, 0.29) is 11.9 Å². The molecule has 1 heterocycles. The number of amides is 1. The van der Waals surface area contributed by atoms with Gasteiger partial charge in [-0.3, -0.25) is 4.79 Å². The van der Waals surface area contributed by atoms with Crippen LogP contribution in [-0.2, 0) is 23.5 Å². The first-order valence-corrected chi connectivity index (χ1v) is 13.9. The first-order valence-electron chi connectivity index (χ1n) is 12.9. The van der Waals surface area contributed by atoms with Crippen LogP contribution >= 0.6 is 11.8 Å². The zero-order valence-electron chi connectivity index (χ0n) is 20.2. The van der Waals surface area contributed by atoms with Crippen LogP contribution in [-0.4, -0.2) is 35.7 Å². The van der Waals surface area contributed by atoms with Gasteiger partial charge in [0.2, 0.25) is 0 Å². The summed E-state index contributed by atoms with van der Waals surface area (Å²) < 4.78 is 0. The number of carbonyl (C=O) groups excluding carboxylic acids is 2. The molecule has 1 N–H and O–H groups in total. The predicted molar refractivity (Wildman–Crippen MR) is 138 cm³/mol. The second-order valence-corrected chi connectivity index (χ2v) is 11.5. The number of aldehydes is 1. The van der Waals surface area contributed by atoms with Crippen LogP contribution < -0.4 is 5.32 Å². The molecule has 5 heteroatoms. The summed E-state index contributed by atoms with van der Waals surface area (Å²) in [6.07, 6.45) is 10.8. The molecule has 34 heavy (non-hydrogen) atoms. The molecule has 2 aromatic carbocycles. The largest absolute Gasteiger partial charge is 0.324 e. The van der Waals surface area contributed by atoms with E-state index in [0.717, 1.165) is 65.3 Å². The van der Waals surface area contributed by atoms with Gasteiger partial charge in [0.15, 0.2) is 0 Å². The Bertz CT molecular complexity index is 1020. The average Bonchev–Trinajstić information content (AvgIpc) is 3.14. The Morgan fingerprint density at radius 1 is 1.15 bits per heavy atom. The first-order chi connectivity index (χ1) is 16.6. The summed E-state index contributed by atoms with van der Waals surface area (Å²) in [5.74, 6) is 0.866. The van der Waals surface area contributed by atoms with Crippen molar-refractivity contribution in [2.45, 2.75) is 87.6 Å². The zero-order chi connectivity index (χ0) is 23.5. The molecule has 2 aromatic rings. The fraction of sp³-hybridized carbons (Fsp3) is 0.517. The van der Waals surface area contributed by atoms with E-state index in [1.165, 1.54) is 43.2 Å². The Kier molecular flexibility index (Phi) is 7.12. The minimum Gasteiger partial charge on any atom is -0.324 e. The monoisotopic (exact) mass is 476 g/mol. The maximum Gasteiger partial charge on any atom is 0.255 e. The van der Waals surface area contributed by atoms with Crippen molar-refractivity contribution in [2.75, 3.05) is 6.54 Å². The number of rotatable bonds is 11. The van der Waals surface area contributed by atoms with E-state index in [2.05, 4.69) is 35.6 Å². The second kappa shape index (κ2) is 10.2. The fourth-order valence-electron chi connectivity index (χ4n) is 5.92. The van der Waals surface area contributed by atoms with Crippen LogP contribution in [0, 0.1) is 5.41 Å². The number of carbonyl (C=O) groups is 2. The van der Waals surface area contributed by atoms with Crippen molar-refractivity contribution in [1.29, 1.82) is 0 Å². The van der Waals surface area contributed by atoms with Gasteiger partial charge in [0.1, 0.15) is 6.29 Å². The van der Waals surface area contributed by atoms with E-state index in [0.29, 0.717) is 6.54 Å². The molecule has 4 nitrogen and oxygen atoms in total. The lowest BCUT2D eigenvalue weighted by Gasteiger charge is -2.54. The molecule has 3 aliphatic rings. The van der Waals surface area contributed by atoms with Gasteiger partial charge in [0.05, 0.1) is 6.04 Å². The van der Waals surface area contributed by atoms with Crippen molar-refractivity contribution < 1.29 is 9.59 Å². The maximum absolute atomic E-state index is 12.9. The molecule has 0 radical (unpaired) electrons. The average molecular weight is 477 g/mol. The van der Waals surface area contributed by atoms with E-state index >= 15 is 0 Å². The number of hydrogen-bond donors (Lipinski definition) is 1. The summed E-state index contributed by atoms with van der Waals surface area (Å²) in [7, 11) is 0. The molecule has 0 bridgehead atoms. The Balaban J connectivity index is 1.12. The van der Waals surface area contributed by atoms with E-state index < -0.39 is 0 Å². The Morgan fingerprint density at radius 3 is 2.59 bits per heavy atom. The third-order valence-electron chi connectivity index (χ3n) is 8.13. The maximum atomic E-state index is 12.9. The molecule has 0 aromatic heterocycles. The summed E-state index contributed by atoms with van der Waals surface area (Å²) >= 11 is 1.78. The van der Waals surface area contributed by atoms with Crippen molar-refractivity contribution in [2.24, 2.45) is 5.41 Å². The molecule has 2 aliphatic carbocycles. The Morgan fingerprint density at radius 2 is 1.91 bits per heavy atom. The molecule has 1 spiro atoms. The van der Waals surface area contributed by atoms with Crippen LogP contribution in [0.25, 0.3) is 0 Å². The lowest BCUT2D eigenvalue weighted by molar-refractivity contribution is -0.112. The molecule has 180 valence electrons. The molecule has 1 aliphatic heterocycles. The van der Waals surface area contributed by atoms with Crippen molar-refractivity contribution in [3.8, 4) is 0 Å². The number of hydrogen-bond acceptors (Lipinski definition) is 4. The van der Waals surface area contributed by atoms with E-state index in [1.54, 1.807) is 16.7 Å². The van der Waals surface area contributed by atoms with Crippen molar-refractivity contribution in [3.05, 3.63) is 64.7 Å². The van der Waals surface area contributed by atoms with Crippen molar-refractivity contribution in [1.82, 2.24) is 10.2 Å². The third-order valence-corrected chi connectivity index (χ3v) is 9.30. The van der Waals surface area contributed by atoms with Crippen LogP contribution in [0.1, 0.15) is 78.9 Å². The molecule has 1 atom stereocenters. The van der Waals surface area contributed by atoms with Crippen LogP contribution in [0.15, 0.2) is 47.4 Å². The van der Waals surface area contributed by atoms with Crippen molar-refractivity contribution >= 4 is 24.0 Å². The quantitative estimate of drug-likeness (QED) is 0.331. The van der Waals surface area contributed by atoms with Gasteiger partial charge in [-0.2, -0.15) is 0 Å². The van der Waals surface area contributed by atoms with E-state index in [1.807, 2.05) is 19.1 Å². The van der Waals surface area contributed by atoms with Crippen LogP contribution in [0.5, 0.6) is 0 Å². The topological polar surface area (TPSA) is 49.4 Å². The fourth-order valence-corrected chi connectivity index (χ4v) is 6.96. The predicted octanol–water partition coefficient (Wildman–Crippen LogP) is 5.77. The van der Waals surface area contributed by atoms with Gasteiger partial charge in [0.25, 0.3) is 5.91 Å². The molecule has 5 rings (SSSR count). The van der Waals surface area contributed by atoms with Crippen LogP contribution in [0.4, 0.5) is 0 Å². The summed E-state index contributed by atoms with van der Waals surface area (Å²) in [4.78, 5) is 27.3. The van der Waals surface area contributed by atoms with Crippen LogP contribution in [0.2, 0.25) is 0 Å². The highest BCUT2D eigenvalue weighted by Crippen LogP contribution is 2.55. The molecule has 1 amide bonds. The summed E-state index contributed by atoms with van der Waals surface area (Å²) in [6, 6.07) is 15.4. The SMILES string of the molecule is CCCC(C=O)N1Cc2c(SCc3ccc(CCNC4CC5(CCC5)C4)cc3)cccc2C1=O. The van der Waals surface area contributed by atoms with Gasteiger partial charge in [-0.15, -0.1) is 11.8 Å². The number of thioether (sulfide) groups is 1. The second-order valence-electron chi connectivity index (χ2n) is 10.5. The van der Waals surface area contributed by atoms with Crippen molar-refractivity contribution in [3.63, 3.8) is 0 Å². The summed E-state index contributed by atoms with van der Waals surface area (Å²) in [5.41, 5.74) is 5.25. The van der Waals surface area contributed by atoms with Crippen LogP contribution in [0.3, 0.4) is 0 Å².